The third-order valence-corrected chi connectivity index (χ3v) is 4.54. The molecule has 0 aromatic rings. The van der Waals surface area contributed by atoms with E-state index in [1.54, 1.807) is 0 Å². The lowest BCUT2D eigenvalue weighted by atomic mass is 10.4. The number of rotatable bonds is 3. The molecule has 0 aliphatic rings. The van der Waals surface area contributed by atoms with Gasteiger partial charge in [-0.3, -0.25) is 10.1 Å². The van der Waals surface area contributed by atoms with Gasteiger partial charge in [0.05, 0.1) is 0 Å². The third kappa shape index (κ3) is 6.72. The van der Waals surface area contributed by atoms with Crippen molar-refractivity contribution >= 4 is 28.5 Å². The van der Waals surface area contributed by atoms with Crippen molar-refractivity contribution < 1.29 is 4.57 Å². The predicted molar refractivity (Wildman–Crippen MR) is 45.0 cm³/mol. The number of halogens is 1. The first-order valence-electron chi connectivity index (χ1n) is 2.72. The SMILES string of the molecule is CCC(C)SP(N)(=O)Cl. The Hall–Kier alpha value is 0.830. The molecule has 2 unspecified atom stereocenters. The van der Waals surface area contributed by atoms with E-state index < -0.39 is 5.85 Å². The van der Waals surface area contributed by atoms with Crippen LogP contribution >= 0.6 is 28.5 Å². The van der Waals surface area contributed by atoms with Crippen molar-refractivity contribution in [2.75, 3.05) is 0 Å². The number of hydrogen-bond acceptors (Lipinski definition) is 2. The highest BCUT2D eigenvalue weighted by Crippen LogP contribution is 2.58. The molecule has 0 rings (SSSR count). The van der Waals surface area contributed by atoms with E-state index in [0.29, 0.717) is 5.25 Å². The lowest BCUT2D eigenvalue weighted by Gasteiger charge is -2.08. The molecule has 0 aliphatic carbocycles. The van der Waals surface area contributed by atoms with Crippen molar-refractivity contribution in [3.63, 3.8) is 0 Å². The van der Waals surface area contributed by atoms with Crippen LogP contribution in [0.5, 0.6) is 0 Å². The summed E-state index contributed by atoms with van der Waals surface area (Å²) in [5, 5.41) is 0.290. The topological polar surface area (TPSA) is 43.1 Å². The molecule has 0 fully saturated rings. The van der Waals surface area contributed by atoms with E-state index in [0.717, 1.165) is 17.8 Å². The van der Waals surface area contributed by atoms with Gasteiger partial charge in [0.2, 0.25) is 0 Å². The van der Waals surface area contributed by atoms with Crippen LogP contribution in [0.2, 0.25) is 0 Å². The van der Waals surface area contributed by atoms with Crippen LogP contribution in [-0.2, 0) is 4.57 Å². The standard InChI is InChI=1S/C4H11ClNOPS/c1-3-4(2)9-8(5,6)7/h4H,3H2,1-2H3,(H2,6,7). The van der Waals surface area contributed by atoms with Gasteiger partial charge < -0.3 is 0 Å². The van der Waals surface area contributed by atoms with Crippen molar-refractivity contribution in [2.24, 2.45) is 5.50 Å². The van der Waals surface area contributed by atoms with E-state index in [4.69, 9.17) is 16.7 Å². The summed E-state index contributed by atoms with van der Waals surface area (Å²) in [5.74, 6) is -2.85. The Morgan fingerprint density at radius 3 is 2.44 bits per heavy atom. The highest BCUT2D eigenvalue weighted by Gasteiger charge is 2.15. The fraction of sp³-hybridized carbons (Fsp3) is 1.00. The molecule has 0 aromatic carbocycles. The van der Waals surface area contributed by atoms with Gasteiger partial charge in [0.25, 0.3) is 5.85 Å². The quantitative estimate of drug-likeness (QED) is 0.691. The van der Waals surface area contributed by atoms with Gasteiger partial charge in [0.1, 0.15) is 0 Å². The minimum absolute atomic E-state index is 0.290. The molecule has 0 amide bonds. The molecule has 9 heavy (non-hydrogen) atoms. The molecule has 0 aliphatic heterocycles. The van der Waals surface area contributed by atoms with Gasteiger partial charge >= 0.3 is 0 Å². The Morgan fingerprint density at radius 1 is 1.89 bits per heavy atom. The molecule has 0 saturated carbocycles. The molecule has 5 heteroatoms. The summed E-state index contributed by atoms with van der Waals surface area (Å²) < 4.78 is 10.7. The molecule has 0 aromatic heterocycles. The van der Waals surface area contributed by atoms with Crippen molar-refractivity contribution in [3.05, 3.63) is 0 Å². The van der Waals surface area contributed by atoms with Crippen LogP contribution in [0, 0.1) is 0 Å². The van der Waals surface area contributed by atoms with Gasteiger partial charge in [-0.05, 0) is 17.7 Å². The fourth-order valence-corrected chi connectivity index (χ4v) is 4.10. The van der Waals surface area contributed by atoms with Gasteiger partial charge in [0.15, 0.2) is 0 Å². The summed E-state index contributed by atoms with van der Waals surface area (Å²) in [5.41, 5.74) is 5.10. The van der Waals surface area contributed by atoms with E-state index in [9.17, 15) is 4.57 Å². The minimum Gasteiger partial charge on any atom is -0.277 e. The molecule has 56 valence electrons. The summed E-state index contributed by atoms with van der Waals surface area (Å²) in [6.45, 7) is 3.96. The average molecular weight is 188 g/mol. The summed E-state index contributed by atoms with van der Waals surface area (Å²) >= 11 is 6.46. The first-order chi connectivity index (χ1) is 3.95. The molecule has 0 saturated heterocycles. The molecule has 0 heterocycles. The Bertz CT molecular complexity index is 126. The van der Waals surface area contributed by atoms with E-state index in [-0.39, 0.29) is 0 Å². The van der Waals surface area contributed by atoms with Crippen LogP contribution in [0.15, 0.2) is 0 Å². The van der Waals surface area contributed by atoms with Gasteiger partial charge in [-0.25, -0.2) is 0 Å². The Kier molecular flexibility index (Phi) is 4.22. The maximum absolute atomic E-state index is 10.7. The van der Waals surface area contributed by atoms with Crippen LogP contribution in [0.1, 0.15) is 20.3 Å². The fourth-order valence-electron chi connectivity index (χ4n) is 0.320. The number of nitrogens with two attached hydrogens (primary N) is 1. The second-order valence-electron chi connectivity index (χ2n) is 1.85. The van der Waals surface area contributed by atoms with E-state index in [2.05, 4.69) is 0 Å². The molecule has 2 nitrogen and oxygen atoms in total. The molecule has 0 bridgehead atoms. The first-order valence-corrected chi connectivity index (χ1v) is 6.89. The summed E-state index contributed by atoms with van der Waals surface area (Å²) in [6.07, 6.45) is 0.943. The highest BCUT2D eigenvalue weighted by atomic mass is 35.7. The predicted octanol–water partition coefficient (Wildman–Crippen LogP) is 2.82. The van der Waals surface area contributed by atoms with Crippen LogP contribution in [-0.4, -0.2) is 5.25 Å². The third-order valence-electron chi connectivity index (χ3n) is 0.899. The summed E-state index contributed by atoms with van der Waals surface area (Å²) in [7, 11) is 0. The van der Waals surface area contributed by atoms with Crippen molar-refractivity contribution in [1.29, 1.82) is 0 Å². The smallest absolute Gasteiger partial charge is 0.277 e. The first kappa shape index (κ1) is 9.83. The largest absolute Gasteiger partial charge is 0.284 e. The van der Waals surface area contributed by atoms with Crippen molar-refractivity contribution in [1.82, 2.24) is 0 Å². The molecular weight excluding hydrogens is 177 g/mol. The maximum Gasteiger partial charge on any atom is 0.284 e. The summed E-state index contributed by atoms with van der Waals surface area (Å²) in [6, 6.07) is 0. The Labute approximate surface area is 64.5 Å². The van der Waals surface area contributed by atoms with Crippen LogP contribution in [0.25, 0.3) is 0 Å². The lowest BCUT2D eigenvalue weighted by Crippen LogP contribution is -1.93. The maximum atomic E-state index is 10.7. The van der Waals surface area contributed by atoms with Crippen molar-refractivity contribution in [3.8, 4) is 0 Å². The Morgan fingerprint density at radius 2 is 2.33 bits per heavy atom. The van der Waals surface area contributed by atoms with Gasteiger partial charge in [0, 0.05) is 5.25 Å². The van der Waals surface area contributed by atoms with Crippen LogP contribution in [0.3, 0.4) is 0 Å². The monoisotopic (exact) mass is 187 g/mol. The van der Waals surface area contributed by atoms with E-state index in [1.165, 1.54) is 0 Å². The van der Waals surface area contributed by atoms with E-state index >= 15 is 0 Å². The van der Waals surface area contributed by atoms with Crippen LogP contribution in [0.4, 0.5) is 0 Å². The Balaban J connectivity index is 3.60. The normalized spacial score (nSPS) is 20.9. The summed E-state index contributed by atoms with van der Waals surface area (Å²) in [4.78, 5) is 0. The molecule has 0 radical (unpaired) electrons. The molecule has 2 atom stereocenters. The second kappa shape index (κ2) is 3.87. The zero-order chi connectivity index (χ0) is 7.49. The molecule has 2 N–H and O–H groups in total. The second-order valence-corrected chi connectivity index (χ2v) is 8.27. The zero-order valence-corrected chi connectivity index (χ0v) is 7.97. The molecule has 0 spiro atoms. The molecular formula is C4H11ClNOPS. The zero-order valence-electron chi connectivity index (χ0n) is 5.50. The highest BCUT2D eigenvalue weighted by molar-refractivity contribution is 8.64. The lowest BCUT2D eigenvalue weighted by molar-refractivity contribution is 0.594. The minimum atomic E-state index is -2.85. The van der Waals surface area contributed by atoms with Gasteiger partial charge in [-0.1, -0.05) is 25.2 Å². The van der Waals surface area contributed by atoms with Crippen molar-refractivity contribution in [2.45, 2.75) is 25.5 Å². The van der Waals surface area contributed by atoms with Crippen LogP contribution < -0.4 is 5.50 Å². The van der Waals surface area contributed by atoms with E-state index in [1.807, 2.05) is 13.8 Å². The number of hydrogen-bond donors (Lipinski definition) is 1. The average Bonchev–Trinajstić information content (AvgIpc) is 1.62. The van der Waals surface area contributed by atoms with Gasteiger partial charge in [-0.2, -0.15) is 0 Å². The van der Waals surface area contributed by atoms with Gasteiger partial charge in [-0.15, -0.1) is 0 Å².